The van der Waals surface area contributed by atoms with E-state index < -0.39 is 10.0 Å². The van der Waals surface area contributed by atoms with Gasteiger partial charge in [0.25, 0.3) is 0 Å². The van der Waals surface area contributed by atoms with Crippen LogP contribution in [0.15, 0.2) is 18.3 Å². The summed E-state index contributed by atoms with van der Waals surface area (Å²) >= 11 is 0. The normalized spacial score (nSPS) is 12.3. The number of aliphatic hydroxyl groups is 1. The summed E-state index contributed by atoms with van der Waals surface area (Å²) in [5, 5.41) is 9.54. The van der Waals surface area contributed by atoms with E-state index in [1.54, 1.807) is 22.9 Å². The Bertz CT molecular complexity index is 982. The topological polar surface area (TPSA) is 136 Å². The van der Waals surface area contributed by atoms with Gasteiger partial charge in [0.2, 0.25) is 10.0 Å². The molecule has 10 heteroatoms. The van der Waals surface area contributed by atoms with Crippen LogP contribution < -0.4 is 10.5 Å². The molecule has 0 aliphatic heterocycles. The summed E-state index contributed by atoms with van der Waals surface area (Å²) in [4.78, 5) is 12.9. The van der Waals surface area contributed by atoms with Crippen molar-refractivity contribution in [3.05, 3.63) is 24.2 Å². The van der Waals surface area contributed by atoms with Crippen LogP contribution in [0.3, 0.4) is 0 Å². The first-order valence-corrected chi connectivity index (χ1v) is 8.74. The van der Waals surface area contributed by atoms with Gasteiger partial charge in [-0.2, -0.15) is 0 Å². The van der Waals surface area contributed by atoms with E-state index in [4.69, 9.17) is 5.73 Å². The lowest BCUT2D eigenvalue weighted by molar-refractivity contribution is 0.266. The Morgan fingerprint density at radius 3 is 2.83 bits per heavy atom. The number of aliphatic hydroxyl groups excluding tert-OH is 1. The van der Waals surface area contributed by atoms with E-state index in [0.717, 1.165) is 6.26 Å². The lowest BCUT2D eigenvalue weighted by Gasteiger charge is -2.09. The van der Waals surface area contributed by atoms with E-state index in [9.17, 15) is 13.5 Å². The van der Waals surface area contributed by atoms with Crippen LogP contribution in [-0.4, -0.2) is 45.8 Å². The van der Waals surface area contributed by atoms with Crippen molar-refractivity contribution in [1.29, 1.82) is 0 Å². The highest BCUT2D eigenvalue weighted by atomic mass is 32.2. The molecule has 0 bridgehead atoms. The van der Waals surface area contributed by atoms with E-state index >= 15 is 0 Å². The van der Waals surface area contributed by atoms with E-state index in [-0.39, 0.29) is 25.5 Å². The summed E-state index contributed by atoms with van der Waals surface area (Å²) in [6.07, 6.45) is 2.72. The lowest BCUT2D eigenvalue weighted by Crippen LogP contribution is -2.26. The third-order valence-corrected chi connectivity index (χ3v) is 4.11. The van der Waals surface area contributed by atoms with Gasteiger partial charge in [0.15, 0.2) is 5.82 Å². The molecule has 0 saturated carbocycles. The minimum atomic E-state index is -3.30. The molecule has 23 heavy (non-hydrogen) atoms. The summed E-state index contributed by atoms with van der Waals surface area (Å²) in [6, 6.07) is 3.53. The largest absolute Gasteiger partial charge is 0.388 e. The van der Waals surface area contributed by atoms with E-state index in [0.29, 0.717) is 27.9 Å². The third kappa shape index (κ3) is 2.96. The Labute approximate surface area is 132 Å². The molecule has 0 aliphatic carbocycles. The van der Waals surface area contributed by atoms with Gasteiger partial charge in [-0.15, -0.1) is 0 Å². The number of nitrogens with one attached hydrogen (secondary N) is 1. The molecule has 0 radical (unpaired) electrons. The predicted octanol–water partition coefficient (Wildman–Crippen LogP) is -0.397. The fourth-order valence-corrected chi connectivity index (χ4v) is 2.94. The minimum Gasteiger partial charge on any atom is -0.388 e. The molecule has 0 amide bonds. The van der Waals surface area contributed by atoms with Crippen molar-refractivity contribution in [2.75, 3.05) is 18.5 Å². The number of pyridine rings is 2. The van der Waals surface area contributed by atoms with Crippen LogP contribution in [0.1, 0.15) is 5.82 Å². The van der Waals surface area contributed by atoms with Gasteiger partial charge in [0.1, 0.15) is 29.0 Å². The molecule has 0 fully saturated rings. The molecule has 9 nitrogen and oxygen atoms in total. The number of nitrogens with two attached hydrogens (primary N) is 1. The maximum absolute atomic E-state index is 11.2. The van der Waals surface area contributed by atoms with Crippen LogP contribution in [-0.2, 0) is 23.2 Å². The second-order valence-corrected chi connectivity index (χ2v) is 6.90. The number of hydrogen-bond acceptors (Lipinski definition) is 7. The molecule has 0 unspecified atom stereocenters. The first-order chi connectivity index (χ1) is 10.9. The molecule has 0 saturated heterocycles. The van der Waals surface area contributed by atoms with E-state index in [1.165, 1.54) is 0 Å². The Morgan fingerprint density at radius 2 is 2.13 bits per heavy atom. The van der Waals surface area contributed by atoms with Crippen LogP contribution in [0.4, 0.5) is 5.82 Å². The molecule has 3 heterocycles. The van der Waals surface area contributed by atoms with Gasteiger partial charge in [-0.05, 0) is 12.1 Å². The van der Waals surface area contributed by atoms with Crippen molar-refractivity contribution in [1.82, 2.24) is 24.2 Å². The average molecular weight is 336 g/mol. The molecule has 0 atom stereocenters. The molecule has 0 spiro atoms. The molecule has 3 rings (SSSR count). The molecule has 3 aromatic heterocycles. The zero-order valence-electron chi connectivity index (χ0n) is 12.4. The fourth-order valence-electron chi connectivity index (χ4n) is 2.47. The summed E-state index contributed by atoms with van der Waals surface area (Å²) < 4.78 is 26.6. The highest BCUT2D eigenvalue weighted by Gasteiger charge is 2.17. The van der Waals surface area contributed by atoms with E-state index in [1.807, 2.05) is 0 Å². The monoisotopic (exact) mass is 336 g/mol. The second-order valence-electron chi connectivity index (χ2n) is 5.07. The smallest absolute Gasteiger partial charge is 0.208 e. The molecule has 3 aromatic rings. The molecular weight excluding hydrogens is 320 g/mol. The van der Waals surface area contributed by atoms with Crippen molar-refractivity contribution >= 4 is 37.9 Å². The maximum Gasteiger partial charge on any atom is 0.208 e. The van der Waals surface area contributed by atoms with Crippen LogP contribution >= 0.6 is 0 Å². The van der Waals surface area contributed by atoms with Crippen molar-refractivity contribution < 1.29 is 13.5 Å². The zero-order valence-corrected chi connectivity index (χ0v) is 13.2. The molecule has 4 N–H and O–H groups in total. The van der Waals surface area contributed by atoms with Gasteiger partial charge in [-0.3, -0.25) is 4.98 Å². The van der Waals surface area contributed by atoms with Crippen molar-refractivity contribution in [3.63, 3.8) is 0 Å². The Morgan fingerprint density at radius 1 is 1.35 bits per heavy atom. The number of aromatic nitrogens is 4. The van der Waals surface area contributed by atoms with Crippen LogP contribution in [0, 0.1) is 0 Å². The minimum absolute atomic E-state index is 0.161. The Kier molecular flexibility index (Phi) is 3.88. The number of rotatable bonds is 5. The van der Waals surface area contributed by atoms with Gasteiger partial charge >= 0.3 is 0 Å². The van der Waals surface area contributed by atoms with Crippen molar-refractivity contribution in [2.24, 2.45) is 0 Å². The molecular formula is C13H16N6O3S. The van der Waals surface area contributed by atoms with Crippen LogP contribution in [0.2, 0.25) is 0 Å². The number of imidazole rings is 1. The Balaban J connectivity index is 2.18. The first-order valence-electron chi connectivity index (χ1n) is 6.85. The van der Waals surface area contributed by atoms with Crippen LogP contribution in [0.5, 0.6) is 0 Å². The number of fused-ring (bicyclic) bond motifs is 3. The molecule has 122 valence electrons. The van der Waals surface area contributed by atoms with Crippen molar-refractivity contribution in [3.8, 4) is 0 Å². The van der Waals surface area contributed by atoms with Gasteiger partial charge in [-0.1, -0.05) is 0 Å². The summed E-state index contributed by atoms with van der Waals surface area (Å²) in [7, 11) is -3.30. The van der Waals surface area contributed by atoms with Gasteiger partial charge < -0.3 is 15.4 Å². The fraction of sp³-hybridized carbons (Fsp3) is 0.308. The SMILES string of the molecule is CS(=O)(=O)NCCn1c(CO)nc2c(N)nc3cccnc3c21. The van der Waals surface area contributed by atoms with Crippen LogP contribution in [0.25, 0.3) is 22.1 Å². The highest BCUT2D eigenvalue weighted by Crippen LogP contribution is 2.27. The maximum atomic E-state index is 11.2. The zero-order chi connectivity index (χ0) is 16.6. The number of nitrogen functional groups attached to an aromatic ring is 1. The summed E-state index contributed by atoms with van der Waals surface area (Å²) in [6.45, 7) is 0.143. The quantitative estimate of drug-likeness (QED) is 0.577. The lowest BCUT2D eigenvalue weighted by atomic mass is 10.2. The summed E-state index contributed by atoms with van der Waals surface area (Å²) in [5.74, 6) is 0.618. The first kappa shape index (κ1) is 15.6. The molecule has 0 aromatic carbocycles. The van der Waals surface area contributed by atoms with Crippen molar-refractivity contribution in [2.45, 2.75) is 13.2 Å². The number of hydrogen-bond donors (Lipinski definition) is 3. The predicted molar refractivity (Wildman–Crippen MR) is 86.0 cm³/mol. The molecule has 0 aliphatic rings. The van der Waals surface area contributed by atoms with Gasteiger partial charge in [0, 0.05) is 19.3 Å². The van der Waals surface area contributed by atoms with Gasteiger partial charge in [-0.25, -0.2) is 23.1 Å². The third-order valence-electron chi connectivity index (χ3n) is 3.38. The van der Waals surface area contributed by atoms with Gasteiger partial charge in [0.05, 0.1) is 11.8 Å². The average Bonchev–Trinajstić information content (AvgIpc) is 2.86. The standard InChI is InChI=1S/C13H16N6O3S/c1-23(21,22)16-5-6-19-9(7-20)18-11-12(19)10-8(17-13(11)14)3-2-4-15-10/h2-4,16,20H,5-7H2,1H3,(H2,14,17). The second kappa shape index (κ2) is 5.72. The number of nitrogens with zero attached hydrogens (tertiary/aromatic N) is 4. The number of sulfonamides is 1. The summed E-state index contributed by atoms with van der Waals surface area (Å²) in [5.41, 5.74) is 8.24. The van der Waals surface area contributed by atoms with E-state index in [2.05, 4.69) is 19.7 Å². The Hall–Kier alpha value is -2.30. The number of anilines is 1. The highest BCUT2D eigenvalue weighted by molar-refractivity contribution is 7.88.